The lowest BCUT2D eigenvalue weighted by atomic mass is 10.1. The quantitative estimate of drug-likeness (QED) is 0.0200. The molecule has 0 aliphatic rings. The number of allylic oxidation sites excluding steroid dienone is 8. The first-order valence-corrected chi connectivity index (χ1v) is 23.8. The van der Waals surface area contributed by atoms with E-state index in [0.717, 1.165) is 57.8 Å². The second-order valence-electron chi connectivity index (χ2n) is 16.0. The van der Waals surface area contributed by atoms with Crippen LogP contribution in [0, 0.1) is 0 Å². The lowest BCUT2D eigenvalue weighted by Gasteiger charge is -2.28. The third-order valence-electron chi connectivity index (χ3n) is 9.39. The topological polar surface area (TPSA) is 94.1 Å². The number of phosphoric ester groups is 1. The molecule has 0 heterocycles. The Hall–Kier alpha value is -1.54. The molecule has 0 saturated carbocycles. The number of phosphoric acid groups is 1. The Morgan fingerprint density at radius 2 is 1.05 bits per heavy atom. The van der Waals surface area contributed by atoms with Crippen LogP contribution in [0.3, 0.4) is 0 Å². The van der Waals surface area contributed by atoms with Crippen LogP contribution in [0.25, 0.3) is 0 Å². The van der Waals surface area contributed by atoms with Crippen molar-refractivity contribution >= 4 is 13.8 Å². The molecular formula is C46H86NO7P. The van der Waals surface area contributed by atoms with E-state index in [1.165, 1.54) is 103 Å². The summed E-state index contributed by atoms with van der Waals surface area (Å²) < 4.78 is 34.6. The number of carbonyl (C=O) groups is 1. The maximum Gasteiger partial charge on any atom is 0.306 e. The van der Waals surface area contributed by atoms with E-state index in [1.807, 2.05) is 21.1 Å². The van der Waals surface area contributed by atoms with Gasteiger partial charge in [0.1, 0.15) is 19.3 Å². The van der Waals surface area contributed by atoms with Crippen molar-refractivity contribution in [2.75, 3.05) is 54.1 Å². The van der Waals surface area contributed by atoms with Crippen molar-refractivity contribution in [1.29, 1.82) is 0 Å². The summed E-state index contributed by atoms with van der Waals surface area (Å²) in [6.45, 7) is 5.28. The molecule has 0 saturated heterocycles. The molecule has 2 unspecified atom stereocenters. The molecule has 0 amide bonds. The van der Waals surface area contributed by atoms with Crippen molar-refractivity contribution in [3.63, 3.8) is 0 Å². The second-order valence-corrected chi connectivity index (χ2v) is 17.4. The van der Waals surface area contributed by atoms with Gasteiger partial charge in [-0.25, -0.2) is 0 Å². The Balaban J connectivity index is 4.15. The lowest BCUT2D eigenvalue weighted by molar-refractivity contribution is -0.870. The minimum atomic E-state index is -4.52. The predicted molar refractivity (Wildman–Crippen MR) is 231 cm³/mol. The number of hydrogen-bond acceptors (Lipinski definition) is 7. The Bertz CT molecular complexity index is 1020. The number of nitrogens with zero attached hydrogens (tertiary/aromatic N) is 1. The fourth-order valence-electron chi connectivity index (χ4n) is 5.95. The van der Waals surface area contributed by atoms with Crippen molar-refractivity contribution in [1.82, 2.24) is 0 Å². The van der Waals surface area contributed by atoms with Crippen LogP contribution in [0.15, 0.2) is 48.6 Å². The van der Waals surface area contributed by atoms with Crippen LogP contribution in [-0.4, -0.2) is 70.7 Å². The van der Waals surface area contributed by atoms with Crippen molar-refractivity contribution in [3.05, 3.63) is 48.6 Å². The summed E-state index contributed by atoms with van der Waals surface area (Å²) in [6, 6.07) is 0. The van der Waals surface area contributed by atoms with Gasteiger partial charge in [0, 0.05) is 13.0 Å². The molecular weight excluding hydrogens is 709 g/mol. The first-order chi connectivity index (χ1) is 26.6. The van der Waals surface area contributed by atoms with E-state index in [-0.39, 0.29) is 25.8 Å². The van der Waals surface area contributed by atoms with Gasteiger partial charge >= 0.3 is 5.97 Å². The van der Waals surface area contributed by atoms with Crippen LogP contribution in [0.2, 0.25) is 0 Å². The first kappa shape index (κ1) is 53.5. The summed E-state index contributed by atoms with van der Waals surface area (Å²) in [6.07, 6.45) is 47.0. The molecule has 0 spiro atoms. The van der Waals surface area contributed by atoms with E-state index in [0.29, 0.717) is 24.1 Å². The van der Waals surface area contributed by atoms with Crippen molar-refractivity contribution in [2.24, 2.45) is 0 Å². The van der Waals surface area contributed by atoms with Gasteiger partial charge in [-0.3, -0.25) is 9.36 Å². The summed E-state index contributed by atoms with van der Waals surface area (Å²) in [5.74, 6) is -0.338. The summed E-state index contributed by atoms with van der Waals surface area (Å²) in [5, 5.41) is 0. The molecule has 0 bridgehead atoms. The molecule has 55 heavy (non-hydrogen) atoms. The predicted octanol–water partition coefficient (Wildman–Crippen LogP) is 12.5. The number of esters is 1. The van der Waals surface area contributed by atoms with Crippen molar-refractivity contribution in [2.45, 2.75) is 187 Å². The zero-order valence-electron chi connectivity index (χ0n) is 36.4. The Kier molecular flexibility index (Phi) is 38.2. The van der Waals surface area contributed by atoms with Crippen molar-refractivity contribution in [3.8, 4) is 0 Å². The number of hydrogen-bond donors (Lipinski definition) is 0. The number of rotatable bonds is 41. The molecule has 2 atom stereocenters. The highest BCUT2D eigenvalue weighted by atomic mass is 31.2. The first-order valence-electron chi connectivity index (χ1n) is 22.4. The highest BCUT2D eigenvalue weighted by Crippen LogP contribution is 2.38. The molecule has 0 aromatic rings. The number of ether oxygens (including phenoxy) is 2. The van der Waals surface area contributed by atoms with Gasteiger partial charge < -0.3 is 27.9 Å². The number of unbranched alkanes of at least 4 members (excludes halogenated alkanes) is 19. The fourth-order valence-corrected chi connectivity index (χ4v) is 6.68. The molecule has 322 valence electrons. The van der Waals surface area contributed by atoms with Crippen LogP contribution in [-0.2, 0) is 27.9 Å². The van der Waals surface area contributed by atoms with E-state index in [2.05, 4.69) is 62.5 Å². The minimum absolute atomic E-state index is 0.0246. The lowest BCUT2D eigenvalue weighted by Crippen LogP contribution is -2.37. The van der Waals surface area contributed by atoms with Gasteiger partial charge in [0.05, 0.1) is 34.4 Å². The number of quaternary nitrogens is 1. The molecule has 9 heteroatoms. The molecule has 0 aliphatic carbocycles. The van der Waals surface area contributed by atoms with Gasteiger partial charge in [-0.1, -0.05) is 172 Å². The number of carbonyl (C=O) groups excluding carboxylic acids is 1. The average molecular weight is 796 g/mol. The van der Waals surface area contributed by atoms with Crippen LogP contribution in [0.1, 0.15) is 181 Å². The monoisotopic (exact) mass is 796 g/mol. The summed E-state index contributed by atoms with van der Waals surface area (Å²) >= 11 is 0. The van der Waals surface area contributed by atoms with Crippen LogP contribution in [0.5, 0.6) is 0 Å². The van der Waals surface area contributed by atoms with Gasteiger partial charge in [-0.2, -0.15) is 0 Å². The van der Waals surface area contributed by atoms with E-state index in [1.54, 1.807) is 0 Å². The van der Waals surface area contributed by atoms with Gasteiger partial charge in [0.15, 0.2) is 0 Å². The molecule has 0 fully saturated rings. The van der Waals surface area contributed by atoms with E-state index in [9.17, 15) is 14.3 Å². The zero-order chi connectivity index (χ0) is 40.6. The maximum absolute atomic E-state index is 12.6. The average Bonchev–Trinajstić information content (AvgIpc) is 3.13. The maximum atomic E-state index is 12.6. The standard InChI is InChI=1S/C46H86NO7P/c1-6-8-10-12-14-16-18-19-20-21-22-23-24-25-26-27-28-30-32-34-36-38-41-51-43-45(44-53-55(49,50)52-42-40-47(3,4)5)54-46(48)39-37-35-33-31-29-17-15-13-11-9-7-2/h8,10,14,16,19-20,22-23,45H,6-7,9,11-13,15,17-18,21,24-44H2,1-5H3/b10-8-,16-14-,20-19-,23-22-. The van der Waals surface area contributed by atoms with Crippen LogP contribution < -0.4 is 4.89 Å². The Morgan fingerprint density at radius 3 is 1.58 bits per heavy atom. The zero-order valence-corrected chi connectivity index (χ0v) is 37.3. The minimum Gasteiger partial charge on any atom is -0.756 e. The SMILES string of the molecule is CC/C=C\C/C=C\C/C=C\C/C=C\CCCCCCCCCCCOCC(COP(=O)([O-])OCC[N+](C)(C)C)OC(=O)CCCCCCCCCCCCC. The van der Waals surface area contributed by atoms with Gasteiger partial charge in [0.25, 0.3) is 7.82 Å². The van der Waals surface area contributed by atoms with Crippen molar-refractivity contribution < 1.29 is 37.3 Å². The molecule has 0 N–H and O–H groups in total. The third-order valence-corrected chi connectivity index (χ3v) is 10.4. The smallest absolute Gasteiger partial charge is 0.306 e. The molecule has 0 aromatic heterocycles. The Morgan fingerprint density at radius 1 is 0.582 bits per heavy atom. The largest absolute Gasteiger partial charge is 0.756 e. The van der Waals surface area contributed by atoms with E-state index < -0.39 is 13.9 Å². The summed E-state index contributed by atoms with van der Waals surface area (Å²) in [4.78, 5) is 25.0. The summed E-state index contributed by atoms with van der Waals surface area (Å²) in [7, 11) is 1.35. The molecule has 0 aliphatic heterocycles. The number of likely N-dealkylation sites (N-methyl/N-ethyl adjacent to an activating group) is 1. The van der Waals surface area contributed by atoms with Gasteiger partial charge in [-0.15, -0.1) is 0 Å². The fraction of sp³-hybridized carbons (Fsp3) is 0.804. The van der Waals surface area contributed by atoms with Crippen LogP contribution >= 0.6 is 7.82 Å². The Labute approximate surface area is 339 Å². The highest BCUT2D eigenvalue weighted by molar-refractivity contribution is 7.45. The normalized spacial score (nSPS) is 14.2. The van der Waals surface area contributed by atoms with Crippen LogP contribution in [0.4, 0.5) is 0 Å². The second kappa shape index (κ2) is 39.3. The summed E-state index contributed by atoms with van der Waals surface area (Å²) in [5.41, 5.74) is 0. The van der Waals surface area contributed by atoms with Gasteiger partial charge in [0.2, 0.25) is 0 Å². The molecule has 0 aromatic carbocycles. The van der Waals surface area contributed by atoms with Gasteiger partial charge in [-0.05, 0) is 51.4 Å². The molecule has 8 nitrogen and oxygen atoms in total. The third kappa shape index (κ3) is 43.4. The molecule has 0 radical (unpaired) electrons. The van der Waals surface area contributed by atoms with E-state index >= 15 is 0 Å². The van der Waals surface area contributed by atoms with E-state index in [4.69, 9.17) is 18.5 Å². The molecule has 0 rings (SSSR count). The highest BCUT2D eigenvalue weighted by Gasteiger charge is 2.20.